The molecule has 0 atom stereocenters. The minimum absolute atomic E-state index is 0.253. The minimum Gasteiger partial charge on any atom is -0.444 e. The molecule has 0 aromatic carbocycles. The highest BCUT2D eigenvalue weighted by Crippen LogP contribution is 2.10. The van der Waals surface area contributed by atoms with Gasteiger partial charge in [0.2, 0.25) is 0 Å². The van der Waals surface area contributed by atoms with Crippen LogP contribution in [0.3, 0.4) is 0 Å². The van der Waals surface area contributed by atoms with Gasteiger partial charge in [-0.25, -0.2) is 4.79 Å². The van der Waals surface area contributed by atoms with Crippen molar-refractivity contribution in [1.29, 1.82) is 0 Å². The summed E-state index contributed by atoms with van der Waals surface area (Å²) < 4.78 is 9.19. The maximum absolute atomic E-state index is 12.0. The normalized spacial score (nSPS) is 11.4. The summed E-state index contributed by atoms with van der Waals surface area (Å²) in [7, 11) is 0. The van der Waals surface area contributed by atoms with E-state index in [0.717, 1.165) is 12.1 Å². The van der Waals surface area contributed by atoms with Crippen molar-refractivity contribution in [2.45, 2.75) is 46.3 Å². The molecule has 0 saturated heterocycles. The Labute approximate surface area is 124 Å². The third kappa shape index (κ3) is 6.81. The number of rotatable bonds is 7. The summed E-state index contributed by atoms with van der Waals surface area (Å²) in [5, 5.41) is 9.11. The highest BCUT2D eigenvalue weighted by atomic mass is 32.1. The second-order valence-corrected chi connectivity index (χ2v) is 6.15. The molecule has 6 nitrogen and oxygen atoms in total. The Morgan fingerprint density at radius 3 is 2.75 bits per heavy atom. The number of hydrogen-bond donors (Lipinski definition) is 1. The van der Waals surface area contributed by atoms with Crippen LogP contribution in [0.2, 0.25) is 0 Å². The van der Waals surface area contributed by atoms with Crippen molar-refractivity contribution < 1.29 is 9.53 Å². The van der Waals surface area contributed by atoms with Gasteiger partial charge in [-0.2, -0.15) is 0 Å². The van der Waals surface area contributed by atoms with E-state index < -0.39 is 5.60 Å². The van der Waals surface area contributed by atoms with Crippen molar-refractivity contribution in [1.82, 2.24) is 19.8 Å². The number of ether oxygens (including phenoxy) is 1. The van der Waals surface area contributed by atoms with E-state index in [-0.39, 0.29) is 6.09 Å². The minimum atomic E-state index is -0.456. The smallest absolute Gasteiger partial charge is 0.410 e. The zero-order valence-corrected chi connectivity index (χ0v) is 13.5. The van der Waals surface area contributed by atoms with Crippen molar-refractivity contribution >= 4 is 17.6 Å². The van der Waals surface area contributed by atoms with E-state index in [9.17, 15) is 4.79 Å². The van der Waals surface area contributed by atoms with Crippen LogP contribution in [0.5, 0.6) is 0 Å². The molecule has 0 saturated carbocycles. The molecule has 0 fully saturated rings. The zero-order chi connectivity index (χ0) is 15.0. The van der Waals surface area contributed by atoms with Gasteiger partial charge in [-0.3, -0.25) is 0 Å². The van der Waals surface area contributed by atoms with E-state index in [1.807, 2.05) is 33.1 Å². The monoisotopic (exact) mass is 300 g/mol. The fraction of sp³-hybridized carbons (Fsp3) is 0.769. The van der Waals surface area contributed by atoms with Gasteiger partial charge in [-0.05, 0) is 38.7 Å². The molecule has 0 unspecified atom stereocenters. The summed E-state index contributed by atoms with van der Waals surface area (Å²) in [6.45, 7) is 10.4. The van der Waals surface area contributed by atoms with Crippen LogP contribution in [0.1, 0.15) is 39.8 Å². The SMILES string of the molecule is CCCN(CCNCc1csnn1)C(=O)OC(C)(C)C. The lowest BCUT2D eigenvalue weighted by molar-refractivity contribution is 0.0252. The average Bonchev–Trinajstić information content (AvgIpc) is 2.83. The topological polar surface area (TPSA) is 67.3 Å². The largest absolute Gasteiger partial charge is 0.444 e. The summed E-state index contributed by atoms with van der Waals surface area (Å²) >= 11 is 1.34. The van der Waals surface area contributed by atoms with Crippen molar-refractivity contribution in [3.05, 3.63) is 11.1 Å². The Balaban J connectivity index is 2.32. The molecule has 1 aromatic heterocycles. The first-order valence-electron chi connectivity index (χ1n) is 6.87. The van der Waals surface area contributed by atoms with Crippen LogP contribution in [-0.2, 0) is 11.3 Å². The van der Waals surface area contributed by atoms with Gasteiger partial charge in [0.15, 0.2) is 0 Å². The number of aromatic nitrogens is 2. The lowest BCUT2D eigenvalue weighted by Gasteiger charge is -2.27. The van der Waals surface area contributed by atoms with Gasteiger partial charge in [0.1, 0.15) is 5.60 Å². The van der Waals surface area contributed by atoms with Gasteiger partial charge >= 0.3 is 6.09 Å². The maximum atomic E-state index is 12.0. The van der Waals surface area contributed by atoms with Gasteiger partial charge in [0, 0.05) is 31.6 Å². The van der Waals surface area contributed by atoms with Gasteiger partial charge in [0.25, 0.3) is 0 Å². The third-order valence-corrected chi connectivity index (χ3v) is 2.97. The summed E-state index contributed by atoms with van der Waals surface area (Å²) in [4.78, 5) is 13.8. The quantitative estimate of drug-likeness (QED) is 0.782. The summed E-state index contributed by atoms with van der Waals surface area (Å²) in [6, 6.07) is 0. The molecular weight excluding hydrogens is 276 g/mol. The van der Waals surface area contributed by atoms with Crippen molar-refractivity contribution in [2.75, 3.05) is 19.6 Å². The summed E-state index contributed by atoms with van der Waals surface area (Å²) in [5.41, 5.74) is 0.470. The maximum Gasteiger partial charge on any atom is 0.410 e. The average molecular weight is 300 g/mol. The second kappa shape index (κ2) is 8.16. The van der Waals surface area contributed by atoms with Crippen molar-refractivity contribution in [3.8, 4) is 0 Å². The first kappa shape index (κ1) is 16.8. The van der Waals surface area contributed by atoms with Crippen LogP contribution in [0.4, 0.5) is 4.79 Å². The first-order chi connectivity index (χ1) is 9.42. The molecule has 1 heterocycles. The molecule has 0 radical (unpaired) electrons. The predicted octanol–water partition coefficient (Wildman–Crippen LogP) is 2.27. The molecule has 1 amide bonds. The highest BCUT2D eigenvalue weighted by Gasteiger charge is 2.21. The summed E-state index contributed by atoms with van der Waals surface area (Å²) in [6.07, 6.45) is 0.659. The van der Waals surface area contributed by atoms with Crippen LogP contribution >= 0.6 is 11.5 Å². The molecule has 0 spiro atoms. The van der Waals surface area contributed by atoms with E-state index in [2.05, 4.69) is 14.9 Å². The van der Waals surface area contributed by atoms with Crippen LogP contribution in [0, 0.1) is 0 Å². The molecule has 114 valence electrons. The van der Waals surface area contributed by atoms with E-state index in [1.54, 1.807) is 4.90 Å². The van der Waals surface area contributed by atoms with Crippen LogP contribution in [0.15, 0.2) is 5.38 Å². The third-order valence-electron chi connectivity index (χ3n) is 2.41. The lowest BCUT2D eigenvalue weighted by atomic mass is 10.2. The Morgan fingerprint density at radius 1 is 1.45 bits per heavy atom. The Bertz CT molecular complexity index is 390. The number of carbonyl (C=O) groups is 1. The van der Waals surface area contributed by atoms with Gasteiger partial charge in [-0.15, -0.1) is 5.10 Å². The number of carbonyl (C=O) groups excluding carboxylic acids is 1. The molecule has 1 rings (SSSR count). The second-order valence-electron chi connectivity index (χ2n) is 5.54. The lowest BCUT2D eigenvalue weighted by Crippen LogP contribution is -2.40. The molecule has 0 bridgehead atoms. The van der Waals surface area contributed by atoms with Crippen LogP contribution < -0.4 is 5.32 Å². The molecule has 20 heavy (non-hydrogen) atoms. The van der Waals surface area contributed by atoms with Crippen molar-refractivity contribution in [3.63, 3.8) is 0 Å². The molecule has 0 aliphatic carbocycles. The molecule has 0 aliphatic heterocycles. The van der Waals surface area contributed by atoms with Crippen LogP contribution in [-0.4, -0.2) is 45.8 Å². The van der Waals surface area contributed by atoms with E-state index in [0.29, 0.717) is 26.2 Å². The van der Waals surface area contributed by atoms with Crippen molar-refractivity contribution in [2.24, 2.45) is 0 Å². The predicted molar refractivity (Wildman–Crippen MR) is 79.7 cm³/mol. The fourth-order valence-electron chi connectivity index (χ4n) is 1.58. The number of hydrogen-bond acceptors (Lipinski definition) is 6. The van der Waals surface area contributed by atoms with Gasteiger partial charge < -0.3 is 15.0 Å². The van der Waals surface area contributed by atoms with Crippen LogP contribution in [0.25, 0.3) is 0 Å². The Hall–Kier alpha value is -1.21. The number of nitrogens with one attached hydrogen (secondary N) is 1. The molecular formula is C13H24N4O2S. The van der Waals surface area contributed by atoms with Gasteiger partial charge in [0.05, 0.1) is 5.69 Å². The molecule has 7 heteroatoms. The first-order valence-corrected chi connectivity index (χ1v) is 7.70. The Kier molecular flexibility index (Phi) is 6.87. The molecule has 1 N–H and O–H groups in total. The highest BCUT2D eigenvalue weighted by molar-refractivity contribution is 7.03. The standard InChI is InChI=1S/C13H24N4O2S/c1-5-7-17(12(18)19-13(2,3)4)8-6-14-9-11-10-20-16-15-11/h10,14H,5-9H2,1-4H3. The fourth-order valence-corrected chi connectivity index (χ4v) is 2.03. The van der Waals surface area contributed by atoms with E-state index in [4.69, 9.17) is 4.74 Å². The zero-order valence-electron chi connectivity index (χ0n) is 12.7. The molecule has 0 aliphatic rings. The van der Waals surface area contributed by atoms with Gasteiger partial charge in [-0.1, -0.05) is 11.4 Å². The Morgan fingerprint density at radius 2 is 2.20 bits per heavy atom. The summed E-state index contributed by atoms with van der Waals surface area (Å²) in [5.74, 6) is 0. The number of amides is 1. The number of nitrogens with zero attached hydrogens (tertiary/aromatic N) is 3. The van der Waals surface area contributed by atoms with E-state index >= 15 is 0 Å². The van der Waals surface area contributed by atoms with E-state index in [1.165, 1.54) is 11.5 Å². The molecule has 1 aromatic rings.